The lowest BCUT2D eigenvalue weighted by Crippen LogP contribution is -2.42. The largest absolute Gasteiger partial charge is 0.465 e. The van der Waals surface area contributed by atoms with Gasteiger partial charge in [0.15, 0.2) is 0 Å². The van der Waals surface area contributed by atoms with Crippen LogP contribution in [0.3, 0.4) is 0 Å². The zero-order valence-corrected chi connectivity index (χ0v) is 12.4. The first-order valence-corrected chi connectivity index (χ1v) is 7.88. The molecule has 1 heterocycles. The Bertz CT molecular complexity index is 292. The molecule has 4 nitrogen and oxygen atoms in total. The fourth-order valence-electron chi connectivity index (χ4n) is 2.81. The van der Waals surface area contributed by atoms with Crippen LogP contribution >= 0.6 is 0 Å². The average molecular weight is 268 g/mol. The van der Waals surface area contributed by atoms with Crippen LogP contribution in [-0.2, 0) is 9.53 Å². The molecule has 0 radical (unpaired) electrons. The van der Waals surface area contributed by atoms with Crippen LogP contribution in [0.2, 0.25) is 0 Å². The molecule has 19 heavy (non-hydrogen) atoms. The Morgan fingerprint density at radius 1 is 1.37 bits per heavy atom. The molecule has 1 N–H and O–H groups in total. The van der Waals surface area contributed by atoms with Crippen LogP contribution < -0.4 is 5.32 Å². The highest BCUT2D eigenvalue weighted by Gasteiger charge is 2.30. The summed E-state index contributed by atoms with van der Waals surface area (Å²) in [6.45, 7) is 8.03. The number of nitrogens with one attached hydrogen (secondary N) is 1. The van der Waals surface area contributed by atoms with Gasteiger partial charge in [-0.1, -0.05) is 13.3 Å². The highest BCUT2D eigenvalue weighted by Crippen LogP contribution is 2.22. The molecule has 1 saturated heterocycles. The minimum Gasteiger partial charge on any atom is -0.465 e. The van der Waals surface area contributed by atoms with Crippen molar-refractivity contribution in [3.8, 4) is 0 Å². The first-order chi connectivity index (χ1) is 9.22. The maximum absolute atomic E-state index is 11.9. The first-order valence-electron chi connectivity index (χ1n) is 7.88. The molecule has 0 aromatic rings. The van der Waals surface area contributed by atoms with Gasteiger partial charge in [0, 0.05) is 19.1 Å². The molecule has 2 aliphatic rings. The van der Waals surface area contributed by atoms with Crippen LogP contribution in [0, 0.1) is 5.92 Å². The van der Waals surface area contributed by atoms with Gasteiger partial charge in [-0.15, -0.1) is 0 Å². The van der Waals surface area contributed by atoms with E-state index >= 15 is 0 Å². The standard InChI is InChI=1S/C15H28N2O2/c1-3-12-7-9-17(11-12)10-8-14(15(18)19-4-2)16-13-5-6-13/h12-14,16H,3-11H2,1-2H3. The normalized spacial score (nSPS) is 25.5. The lowest BCUT2D eigenvalue weighted by atomic mass is 10.1. The Hall–Kier alpha value is -0.610. The number of rotatable bonds is 8. The fraction of sp³-hybridized carbons (Fsp3) is 0.933. The third-order valence-corrected chi connectivity index (χ3v) is 4.27. The SMILES string of the molecule is CCOC(=O)C(CCN1CCC(CC)C1)NC1CC1. The molecule has 2 atom stereocenters. The predicted octanol–water partition coefficient (Wildman–Crippen LogP) is 1.79. The minimum absolute atomic E-state index is 0.0689. The zero-order valence-electron chi connectivity index (χ0n) is 12.4. The molecule has 1 aliphatic heterocycles. The quantitative estimate of drug-likeness (QED) is 0.682. The van der Waals surface area contributed by atoms with E-state index in [1.165, 1.54) is 38.8 Å². The number of carbonyl (C=O) groups excluding carboxylic acids is 1. The van der Waals surface area contributed by atoms with E-state index in [9.17, 15) is 4.79 Å². The molecule has 0 spiro atoms. The number of likely N-dealkylation sites (tertiary alicyclic amines) is 1. The molecule has 0 aromatic heterocycles. The fourth-order valence-corrected chi connectivity index (χ4v) is 2.81. The number of ether oxygens (including phenoxy) is 1. The molecule has 2 unspecified atom stereocenters. The van der Waals surface area contributed by atoms with E-state index in [0.717, 1.165) is 18.9 Å². The summed E-state index contributed by atoms with van der Waals surface area (Å²) in [4.78, 5) is 14.4. The lowest BCUT2D eigenvalue weighted by Gasteiger charge is -2.21. The summed E-state index contributed by atoms with van der Waals surface area (Å²) in [6, 6.07) is 0.449. The minimum atomic E-state index is -0.104. The van der Waals surface area contributed by atoms with E-state index in [2.05, 4.69) is 17.1 Å². The number of hydrogen-bond acceptors (Lipinski definition) is 4. The number of hydrogen-bond donors (Lipinski definition) is 1. The second kappa shape index (κ2) is 7.25. The van der Waals surface area contributed by atoms with Gasteiger partial charge in [0.05, 0.1) is 6.61 Å². The van der Waals surface area contributed by atoms with Crippen molar-refractivity contribution in [2.45, 2.75) is 58.0 Å². The third kappa shape index (κ3) is 4.77. The van der Waals surface area contributed by atoms with Gasteiger partial charge in [0.2, 0.25) is 0 Å². The Balaban J connectivity index is 1.74. The van der Waals surface area contributed by atoms with Crippen LogP contribution in [0.4, 0.5) is 0 Å². The van der Waals surface area contributed by atoms with E-state index in [0.29, 0.717) is 12.6 Å². The second-order valence-corrected chi connectivity index (χ2v) is 5.90. The molecule has 4 heteroatoms. The van der Waals surface area contributed by atoms with E-state index in [4.69, 9.17) is 4.74 Å². The van der Waals surface area contributed by atoms with Crippen LogP contribution in [0.25, 0.3) is 0 Å². The van der Waals surface area contributed by atoms with Crippen LogP contribution in [0.1, 0.15) is 46.0 Å². The van der Waals surface area contributed by atoms with Crippen molar-refractivity contribution >= 4 is 5.97 Å². The molecule has 0 aromatic carbocycles. The van der Waals surface area contributed by atoms with Gasteiger partial charge < -0.3 is 15.0 Å². The summed E-state index contributed by atoms with van der Waals surface area (Å²) in [6.07, 6.45) is 5.88. The lowest BCUT2D eigenvalue weighted by molar-refractivity contribution is -0.146. The highest BCUT2D eigenvalue weighted by atomic mass is 16.5. The molecular weight excluding hydrogens is 240 g/mol. The molecule has 2 fully saturated rings. The number of nitrogens with zero attached hydrogens (tertiary/aromatic N) is 1. The molecule has 110 valence electrons. The number of esters is 1. The summed E-state index contributed by atoms with van der Waals surface area (Å²) in [5.74, 6) is 0.790. The second-order valence-electron chi connectivity index (χ2n) is 5.90. The van der Waals surface area contributed by atoms with Gasteiger partial charge in [0.1, 0.15) is 6.04 Å². The molecule has 0 bridgehead atoms. The summed E-state index contributed by atoms with van der Waals surface area (Å²) in [5.41, 5.74) is 0. The predicted molar refractivity (Wildman–Crippen MR) is 76.0 cm³/mol. The first kappa shape index (κ1) is 14.8. The Morgan fingerprint density at radius 3 is 2.74 bits per heavy atom. The van der Waals surface area contributed by atoms with Crippen molar-refractivity contribution in [2.24, 2.45) is 5.92 Å². The van der Waals surface area contributed by atoms with E-state index < -0.39 is 0 Å². The molecule has 1 aliphatic carbocycles. The monoisotopic (exact) mass is 268 g/mol. The maximum atomic E-state index is 11.9. The third-order valence-electron chi connectivity index (χ3n) is 4.27. The van der Waals surface area contributed by atoms with Gasteiger partial charge in [-0.05, 0) is 45.1 Å². The summed E-state index contributed by atoms with van der Waals surface area (Å²) in [5, 5.41) is 3.42. The zero-order chi connectivity index (χ0) is 13.7. The number of carbonyl (C=O) groups is 1. The summed E-state index contributed by atoms with van der Waals surface area (Å²) < 4.78 is 5.17. The smallest absolute Gasteiger partial charge is 0.323 e. The summed E-state index contributed by atoms with van der Waals surface area (Å²) in [7, 11) is 0. The van der Waals surface area contributed by atoms with Crippen LogP contribution in [-0.4, -0.2) is 49.2 Å². The summed E-state index contributed by atoms with van der Waals surface area (Å²) >= 11 is 0. The van der Waals surface area contributed by atoms with Crippen LogP contribution in [0.15, 0.2) is 0 Å². The van der Waals surface area contributed by atoms with E-state index in [-0.39, 0.29) is 12.0 Å². The molecule has 0 amide bonds. The van der Waals surface area contributed by atoms with Gasteiger partial charge in [-0.3, -0.25) is 4.79 Å². The van der Waals surface area contributed by atoms with Gasteiger partial charge in [0.25, 0.3) is 0 Å². The average Bonchev–Trinajstić information content (AvgIpc) is 3.11. The van der Waals surface area contributed by atoms with Crippen LogP contribution in [0.5, 0.6) is 0 Å². The molecular formula is C15H28N2O2. The van der Waals surface area contributed by atoms with Crippen molar-refractivity contribution in [3.63, 3.8) is 0 Å². The Kier molecular flexibility index (Phi) is 5.64. The van der Waals surface area contributed by atoms with Crippen molar-refractivity contribution in [2.75, 3.05) is 26.2 Å². The van der Waals surface area contributed by atoms with Gasteiger partial charge in [-0.25, -0.2) is 0 Å². The maximum Gasteiger partial charge on any atom is 0.323 e. The van der Waals surface area contributed by atoms with Gasteiger partial charge >= 0.3 is 5.97 Å². The Morgan fingerprint density at radius 2 is 2.16 bits per heavy atom. The van der Waals surface area contributed by atoms with Gasteiger partial charge in [-0.2, -0.15) is 0 Å². The molecule has 2 rings (SSSR count). The van der Waals surface area contributed by atoms with E-state index in [1.54, 1.807) is 0 Å². The topological polar surface area (TPSA) is 41.6 Å². The van der Waals surface area contributed by atoms with Crippen molar-refractivity contribution in [3.05, 3.63) is 0 Å². The van der Waals surface area contributed by atoms with Crippen molar-refractivity contribution in [1.29, 1.82) is 0 Å². The highest BCUT2D eigenvalue weighted by molar-refractivity contribution is 5.75. The molecule has 1 saturated carbocycles. The Labute approximate surface area is 116 Å². The van der Waals surface area contributed by atoms with E-state index in [1.807, 2.05) is 6.92 Å². The van der Waals surface area contributed by atoms with Crippen molar-refractivity contribution < 1.29 is 9.53 Å². The van der Waals surface area contributed by atoms with Crippen molar-refractivity contribution in [1.82, 2.24) is 10.2 Å².